The number of rotatable bonds is 3. The van der Waals surface area contributed by atoms with Crippen LogP contribution in [0.5, 0.6) is 0 Å². The van der Waals surface area contributed by atoms with Crippen LogP contribution in [0.2, 0.25) is 0 Å². The standard InChI is InChI=1S/C16H20N2O2/c1-4-15(19)17-13-7-8-14-11(9-13)5-6-12(16(14)20)10-18(2)3/h7-10H,4-6H2,1-3H3,(H,17,19). The monoisotopic (exact) mass is 272 g/mol. The van der Waals surface area contributed by atoms with Gasteiger partial charge >= 0.3 is 0 Å². The van der Waals surface area contributed by atoms with Gasteiger partial charge in [0.1, 0.15) is 0 Å². The molecule has 106 valence electrons. The molecule has 1 aliphatic rings. The first-order valence-corrected chi connectivity index (χ1v) is 6.86. The largest absolute Gasteiger partial charge is 0.383 e. The normalized spacial score (nSPS) is 15.9. The van der Waals surface area contributed by atoms with Gasteiger partial charge in [-0.2, -0.15) is 0 Å². The predicted octanol–water partition coefficient (Wildman–Crippen LogP) is 2.61. The van der Waals surface area contributed by atoms with Crippen LogP contribution in [-0.2, 0) is 11.2 Å². The molecule has 0 unspecified atom stereocenters. The Hall–Kier alpha value is -2.10. The number of anilines is 1. The Labute approximate surface area is 119 Å². The van der Waals surface area contributed by atoms with Crippen molar-refractivity contribution >= 4 is 17.4 Å². The summed E-state index contributed by atoms with van der Waals surface area (Å²) in [4.78, 5) is 25.7. The SMILES string of the molecule is CCC(=O)Nc1ccc2c(c1)CCC(=CN(C)C)C2=O. The zero-order valence-corrected chi connectivity index (χ0v) is 12.2. The summed E-state index contributed by atoms with van der Waals surface area (Å²) in [6, 6.07) is 5.52. The molecule has 0 aromatic heterocycles. The molecule has 1 aromatic carbocycles. The smallest absolute Gasteiger partial charge is 0.224 e. The van der Waals surface area contributed by atoms with Crippen LogP contribution in [0, 0.1) is 0 Å². The number of carbonyl (C=O) groups excluding carboxylic acids is 2. The molecule has 0 radical (unpaired) electrons. The van der Waals surface area contributed by atoms with Gasteiger partial charge in [-0.25, -0.2) is 0 Å². The molecule has 0 spiro atoms. The van der Waals surface area contributed by atoms with Gasteiger partial charge in [0.25, 0.3) is 0 Å². The average Bonchev–Trinajstić information content (AvgIpc) is 2.41. The lowest BCUT2D eigenvalue weighted by Gasteiger charge is -2.20. The fraction of sp³-hybridized carbons (Fsp3) is 0.375. The molecule has 20 heavy (non-hydrogen) atoms. The topological polar surface area (TPSA) is 49.4 Å². The Bertz CT molecular complexity index is 574. The van der Waals surface area contributed by atoms with Gasteiger partial charge in [0, 0.05) is 43.5 Å². The van der Waals surface area contributed by atoms with Crippen LogP contribution in [0.25, 0.3) is 0 Å². The van der Waals surface area contributed by atoms with Gasteiger partial charge in [-0.1, -0.05) is 6.92 Å². The fourth-order valence-electron chi connectivity index (χ4n) is 2.34. The van der Waals surface area contributed by atoms with Crippen LogP contribution in [-0.4, -0.2) is 30.7 Å². The highest BCUT2D eigenvalue weighted by molar-refractivity contribution is 6.11. The van der Waals surface area contributed by atoms with Gasteiger partial charge in [0.15, 0.2) is 5.78 Å². The minimum Gasteiger partial charge on any atom is -0.383 e. The molecule has 4 nitrogen and oxygen atoms in total. The van der Waals surface area contributed by atoms with Crippen molar-refractivity contribution in [3.8, 4) is 0 Å². The molecule has 4 heteroatoms. The first kappa shape index (κ1) is 14.3. The molecule has 2 rings (SSSR count). The van der Waals surface area contributed by atoms with Crippen molar-refractivity contribution in [3.05, 3.63) is 41.1 Å². The lowest BCUT2D eigenvalue weighted by molar-refractivity contribution is -0.115. The predicted molar refractivity (Wildman–Crippen MR) is 79.8 cm³/mol. The molecule has 0 bridgehead atoms. The van der Waals surface area contributed by atoms with Crippen LogP contribution in [0.3, 0.4) is 0 Å². The van der Waals surface area contributed by atoms with E-state index in [1.54, 1.807) is 6.07 Å². The first-order valence-electron chi connectivity index (χ1n) is 6.86. The second-order valence-electron chi connectivity index (χ2n) is 5.22. The van der Waals surface area contributed by atoms with Crippen LogP contribution in [0.15, 0.2) is 30.0 Å². The van der Waals surface area contributed by atoms with Gasteiger partial charge in [-0.15, -0.1) is 0 Å². The van der Waals surface area contributed by atoms with E-state index in [0.29, 0.717) is 6.42 Å². The van der Waals surface area contributed by atoms with E-state index in [1.807, 2.05) is 44.3 Å². The third-order valence-corrected chi connectivity index (χ3v) is 3.32. The Morgan fingerprint density at radius 1 is 1.35 bits per heavy atom. The summed E-state index contributed by atoms with van der Waals surface area (Å²) in [5.41, 5.74) is 3.37. The Balaban J connectivity index is 2.26. The van der Waals surface area contributed by atoms with Gasteiger partial charge < -0.3 is 10.2 Å². The third kappa shape index (κ3) is 3.07. The number of Topliss-reactive ketones (excluding diaryl/α,β-unsaturated/α-hetero) is 1. The molecular weight excluding hydrogens is 252 g/mol. The molecule has 1 aromatic rings. The molecule has 0 saturated carbocycles. The molecule has 0 fully saturated rings. The van der Waals surface area contributed by atoms with E-state index in [1.165, 1.54) is 0 Å². The van der Waals surface area contributed by atoms with E-state index >= 15 is 0 Å². The minimum atomic E-state index is -0.0136. The maximum atomic E-state index is 12.4. The zero-order valence-electron chi connectivity index (χ0n) is 12.2. The number of aryl methyl sites for hydroxylation is 1. The number of benzene rings is 1. The number of fused-ring (bicyclic) bond motifs is 1. The van der Waals surface area contributed by atoms with E-state index in [4.69, 9.17) is 0 Å². The summed E-state index contributed by atoms with van der Waals surface area (Å²) in [6.45, 7) is 1.82. The molecule has 0 aliphatic heterocycles. The highest BCUT2D eigenvalue weighted by Gasteiger charge is 2.22. The quantitative estimate of drug-likeness (QED) is 0.860. The maximum Gasteiger partial charge on any atom is 0.224 e. The van der Waals surface area contributed by atoms with Gasteiger partial charge in [0.2, 0.25) is 5.91 Å². The molecule has 0 heterocycles. The van der Waals surface area contributed by atoms with Crippen molar-refractivity contribution in [1.82, 2.24) is 4.90 Å². The molecule has 1 amide bonds. The van der Waals surface area contributed by atoms with Crippen LogP contribution in [0.1, 0.15) is 35.7 Å². The molecule has 0 atom stereocenters. The molecule has 0 saturated heterocycles. The summed E-state index contributed by atoms with van der Waals surface area (Å²) in [6.07, 6.45) is 3.91. The van der Waals surface area contributed by atoms with E-state index in [-0.39, 0.29) is 11.7 Å². The average molecular weight is 272 g/mol. The number of nitrogens with zero attached hydrogens (tertiary/aromatic N) is 1. The second-order valence-corrected chi connectivity index (χ2v) is 5.22. The van der Waals surface area contributed by atoms with E-state index < -0.39 is 0 Å². The number of ketones is 1. The van der Waals surface area contributed by atoms with Crippen molar-refractivity contribution < 1.29 is 9.59 Å². The second kappa shape index (κ2) is 5.90. The summed E-state index contributed by atoms with van der Waals surface area (Å²) in [5, 5.41) is 2.83. The summed E-state index contributed by atoms with van der Waals surface area (Å²) >= 11 is 0. The van der Waals surface area contributed by atoms with Crippen molar-refractivity contribution in [2.45, 2.75) is 26.2 Å². The van der Waals surface area contributed by atoms with Crippen molar-refractivity contribution in [2.75, 3.05) is 19.4 Å². The van der Waals surface area contributed by atoms with E-state index in [2.05, 4.69) is 5.32 Å². The van der Waals surface area contributed by atoms with Crippen LogP contribution >= 0.6 is 0 Å². The first-order chi connectivity index (χ1) is 9.51. The fourth-order valence-corrected chi connectivity index (χ4v) is 2.34. The van der Waals surface area contributed by atoms with Crippen molar-refractivity contribution in [2.24, 2.45) is 0 Å². The van der Waals surface area contributed by atoms with Crippen molar-refractivity contribution in [3.63, 3.8) is 0 Å². The van der Waals surface area contributed by atoms with Gasteiger partial charge in [-0.3, -0.25) is 9.59 Å². The Kier molecular flexibility index (Phi) is 4.23. The molecule has 1 N–H and O–H groups in total. The zero-order chi connectivity index (χ0) is 14.7. The van der Waals surface area contributed by atoms with E-state index in [0.717, 1.165) is 35.2 Å². The highest BCUT2D eigenvalue weighted by Crippen LogP contribution is 2.27. The molecular formula is C16H20N2O2. The minimum absolute atomic E-state index is 0.0136. The van der Waals surface area contributed by atoms with Gasteiger partial charge in [0.05, 0.1) is 0 Å². The Morgan fingerprint density at radius 3 is 2.75 bits per heavy atom. The third-order valence-electron chi connectivity index (χ3n) is 3.32. The molecule has 1 aliphatic carbocycles. The number of hydrogen-bond donors (Lipinski definition) is 1. The maximum absolute atomic E-state index is 12.4. The summed E-state index contributed by atoms with van der Waals surface area (Å²) in [5.74, 6) is 0.0774. The van der Waals surface area contributed by atoms with Gasteiger partial charge in [-0.05, 0) is 36.6 Å². The number of allylic oxidation sites excluding steroid dienone is 1. The lowest BCUT2D eigenvalue weighted by Crippen LogP contribution is -2.18. The summed E-state index contributed by atoms with van der Waals surface area (Å²) < 4.78 is 0. The summed E-state index contributed by atoms with van der Waals surface area (Å²) in [7, 11) is 3.83. The highest BCUT2D eigenvalue weighted by atomic mass is 16.1. The van der Waals surface area contributed by atoms with Crippen LogP contribution in [0.4, 0.5) is 5.69 Å². The number of carbonyl (C=O) groups is 2. The lowest BCUT2D eigenvalue weighted by atomic mass is 9.87. The Morgan fingerprint density at radius 2 is 2.10 bits per heavy atom. The number of nitrogens with one attached hydrogen (secondary N) is 1. The van der Waals surface area contributed by atoms with E-state index in [9.17, 15) is 9.59 Å². The number of amides is 1. The van der Waals surface area contributed by atoms with Crippen molar-refractivity contribution in [1.29, 1.82) is 0 Å². The van der Waals surface area contributed by atoms with Crippen LogP contribution < -0.4 is 5.32 Å². The number of hydrogen-bond acceptors (Lipinski definition) is 3.